The van der Waals surface area contributed by atoms with E-state index in [9.17, 15) is 0 Å². The van der Waals surface area contributed by atoms with Crippen molar-refractivity contribution >= 4 is 10.9 Å². The van der Waals surface area contributed by atoms with Gasteiger partial charge >= 0.3 is 0 Å². The Morgan fingerprint density at radius 1 is 1.22 bits per heavy atom. The van der Waals surface area contributed by atoms with Crippen LogP contribution in [0.3, 0.4) is 0 Å². The van der Waals surface area contributed by atoms with Crippen LogP contribution in [0.5, 0.6) is 0 Å². The highest BCUT2D eigenvalue weighted by Gasteiger charge is 2.13. The number of aryl methyl sites for hydroxylation is 1. The van der Waals surface area contributed by atoms with Crippen LogP contribution in [0.15, 0.2) is 42.9 Å². The van der Waals surface area contributed by atoms with Crippen LogP contribution in [-0.4, -0.2) is 26.2 Å². The van der Waals surface area contributed by atoms with Crippen molar-refractivity contribution in [1.29, 1.82) is 0 Å². The van der Waals surface area contributed by atoms with Crippen LogP contribution < -0.4 is 0 Å². The molecule has 3 aromatic rings. The van der Waals surface area contributed by atoms with Gasteiger partial charge in [-0.3, -0.25) is 9.58 Å². The number of benzene rings is 1. The zero-order chi connectivity index (χ0) is 16.2. The first-order valence-corrected chi connectivity index (χ1v) is 8.44. The average Bonchev–Trinajstić information content (AvgIpc) is 3.14. The van der Waals surface area contributed by atoms with Gasteiger partial charge in [0.25, 0.3) is 0 Å². The molecule has 1 N–H and O–H groups in total. The molecule has 2 aromatic heterocycles. The summed E-state index contributed by atoms with van der Waals surface area (Å²) in [4.78, 5) is 5.89. The Morgan fingerprint density at radius 3 is 2.78 bits per heavy atom. The number of hydrogen-bond donors (Lipinski definition) is 1. The molecule has 0 radical (unpaired) electrons. The lowest BCUT2D eigenvalue weighted by atomic mass is 10.1. The zero-order valence-electron chi connectivity index (χ0n) is 14.3. The third kappa shape index (κ3) is 3.82. The molecule has 0 aliphatic carbocycles. The molecule has 0 saturated carbocycles. The highest BCUT2D eigenvalue weighted by molar-refractivity contribution is 5.82. The fraction of sp³-hybridized carbons (Fsp3) is 0.421. The zero-order valence-corrected chi connectivity index (χ0v) is 14.3. The highest BCUT2D eigenvalue weighted by Crippen LogP contribution is 2.20. The minimum atomic E-state index is 0.640. The standard InChI is InChI=1S/C19H26N4/c1-4-23-13-16(9-21-23)12-22(11-15(2)3)14-17-10-20-19-8-6-5-7-18(17)19/h5-10,13,15,20H,4,11-12,14H2,1-3H3. The summed E-state index contributed by atoms with van der Waals surface area (Å²) in [6.07, 6.45) is 6.29. The van der Waals surface area contributed by atoms with E-state index in [0.717, 1.165) is 26.2 Å². The molecule has 0 aliphatic rings. The number of para-hydroxylation sites is 1. The number of rotatable bonds is 7. The summed E-state index contributed by atoms with van der Waals surface area (Å²) in [5, 5.41) is 5.72. The van der Waals surface area contributed by atoms with Gasteiger partial charge < -0.3 is 4.98 Å². The van der Waals surface area contributed by atoms with Gasteiger partial charge in [0.05, 0.1) is 6.20 Å². The van der Waals surface area contributed by atoms with Crippen LogP contribution >= 0.6 is 0 Å². The number of fused-ring (bicyclic) bond motifs is 1. The molecule has 23 heavy (non-hydrogen) atoms. The summed E-state index contributed by atoms with van der Waals surface area (Å²) in [7, 11) is 0. The molecule has 2 heterocycles. The Bertz CT molecular complexity index is 753. The minimum Gasteiger partial charge on any atom is -0.361 e. The first-order valence-electron chi connectivity index (χ1n) is 8.44. The fourth-order valence-electron chi connectivity index (χ4n) is 3.12. The van der Waals surface area contributed by atoms with Gasteiger partial charge in [0.2, 0.25) is 0 Å². The lowest BCUT2D eigenvalue weighted by molar-refractivity contribution is 0.228. The van der Waals surface area contributed by atoms with E-state index in [2.05, 4.69) is 72.4 Å². The number of nitrogens with zero attached hydrogens (tertiary/aromatic N) is 3. The van der Waals surface area contributed by atoms with Crippen LogP contribution in [-0.2, 0) is 19.6 Å². The van der Waals surface area contributed by atoms with Gasteiger partial charge in [0, 0.05) is 55.0 Å². The second kappa shape index (κ2) is 7.01. The number of aromatic amines is 1. The maximum Gasteiger partial charge on any atom is 0.0534 e. The molecule has 0 spiro atoms. The summed E-state index contributed by atoms with van der Waals surface area (Å²) in [6.45, 7) is 10.6. The molecule has 0 bridgehead atoms. The first kappa shape index (κ1) is 15.8. The van der Waals surface area contributed by atoms with Gasteiger partial charge in [-0.05, 0) is 24.5 Å². The fourth-order valence-corrected chi connectivity index (χ4v) is 3.12. The van der Waals surface area contributed by atoms with Gasteiger partial charge in [-0.25, -0.2) is 0 Å². The molecule has 0 aliphatic heterocycles. The van der Waals surface area contributed by atoms with E-state index in [1.165, 1.54) is 22.0 Å². The van der Waals surface area contributed by atoms with E-state index in [-0.39, 0.29) is 0 Å². The number of hydrogen-bond acceptors (Lipinski definition) is 2. The van der Waals surface area contributed by atoms with Gasteiger partial charge in [0.1, 0.15) is 0 Å². The summed E-state index contributed by atoms with van der Waals surface area (Å²) in [5.41, 5.74) is 3.86. The molecule has 122 valence electrons. The normalized spacial score (nSPS) is 11.9. The molecule has 4 heteroatoms. The second-order valence-corrected chi connectivity index (χ2v) is 6.63. The first-order chi connectivity index (χ1) is 11.2. The number of H-pyrrole nitrogens is 1. The van der Waals surface area contributed by atoms with E-state index in [1.54, 1.807) is 0 Å². The lowest BCUT2D eigenvalue weighted by Gasteiger charge is -2.23. The molecule has 0 saturated heterocycles. The molecule has 0 amide bonds. The third-order valence-electron chi connectivity index (χ3n) is 4.11. The predicted octanol–water partition coefficient (Wildman–Crippen LogP) is 4.04. The van der Waals surface area contributed by atoms with Gasteiger partial charge in [-0.15, -0.1) is 0 Å². The monoisotopic (exact) mass is 310 g/mol. The van der Waals surface area contributed by atoms with E-state index in [1.807, 2.05) is 10.9 Å². The topological polar surface area (TPSA) is 36.9 Å². The van der Waals surface area contributed by atoms with Crippen LogP contribution in [0.1, 0.15) is 31.9 Å². The van der Waals surface area contributed by atoms with E-state index in [0.29, 0.717) is 5.92 Å². The summed E-state index contributed by atoms with van der Waals surface area (Å²) in [6, 6.07) is 8.52. The third-order valence-corrected chi connectivity index (χ3v) is 4.11. The van der Waals surface area contributed by atoms with Crippen LogP contribution in [0.4, 0.5) is 0 Å². The smallest absolute Gasteiger partial charge is 0.0534 e. The molecule has 0 unspecified atom stereocenters. The number of aromatic nitrogens is 3. The van der Waals surface area contributed by atoms with Crippen molar-refractivity contribution in [2.45, 2.75) is 40.4 Å². The lowest BCUT2D eigenvalue weighted by Crippen LogP contribution is -2.26. The van der Waals surface area contributed by atoms with E-state index in [4.69, 9.17) is 0 Å². The maximum absolute atomic E-state index is 4.40. The largest absolute Gasteiger partial charge is 0.361 e. The second-order valence-electron chi connectivity index (χ2n) is 6.63. The highest BCUT2D eigenvalue weighted by atomic mass is 15.3. The molecule has 0 fully saturated rings. The Hall–Kier alpha value is -2.07. The minimum absolute atomic E-state index is 0.640. The Kier molecular flexibility index (Phi) is 4.82. The summed E-state index contributed by atoms with van der Waals surface area (Å²) < 4.78 is 1.99. The SMILES string of the molecule is CCn1cc(CN(Cc2c[nH]c3ccccc23)CC(C)C)cn1. The van der Waals surface area contributed by atoms with Crippen molar-refractivity contribution in [1.82, 2.24) is 19.7 Å². The molecular formula is C19H26N4. The molecule has 4 nitrogen and oxygen atoms in total. The van der Waals surface area contributed by atoms with Crippen molar-refractivity contribution in [3.63, 3.8) is 0 Å². The number of nitrogens with one attached hydrogen (secondary N) is 1. The van der Waals surface area contributed by atoms with Gasteiger partial charge in [-0.1, -0.05) is 32.0 Å². The van der Waals surface area contributed by atoms with E-state index >= 15 is 0 Å². The Labute approximate surface area is 138 Å². The van der Waals surface area contributed by atoms with Crippen molar-refractivity contribution in [3.05, 3.63) is 54.0 Å². The molecular weight excluding hydrogens is 284 g/mol. The Morgan fingerprint density at radius 2 is 2.04 bits per heavy atom. The van der Waals surface area contributed by atoms with Crippen molar-refractivity contribution < 1.29 is 0 Å². The van der Waals surface area contributed by atoms with Crippen LogP contribution in [0, 0.1) is 5.92 Å². The van der Waals surface area contributed by atoms with Crippen LogP contribution in [0.25, 0.3) is 10.9 Å². The van der Waals surface area contributed by atoms with Crippen molar-refractivity contribution in [3.8, 4) is 0 Å². The Balaban J connectivity index is 1.78. The van der Waals surface area contributed by atoms with Crippen molar-refractivity contribution in [2.75, 3.05) is 6.54 Å². The van der Waals surface area contributed by atoms with Gasteiger partial charge in [0.15, 0.2) is 0 Å². The maximum atomic E-state index is 4.40. The van der Waals surface area contributed by atoms with Gasteiger partial charge in [-0.2, -0.15) is 5.10 Å². The van der Waals surface area contributed by atoms with E-state index < -0.39 is 0 Å². The summed E-state index contributed by atoms with van der Waals surface area (Å²) >= 11 is 0. The molecule has 0 atom stereocenters. The molecule has 1 aromatic carbocycles. The summed E-state index contributed by atoms with van der Waals surface area (Å²) in [5.74, 6) is 0.640. The van der Waals surface area contributed by atoms with Crippen molar-refractivity contribution in [2.24, 2.45) is 5.92 Å². The average molecular weight is 310 g/mol. The van der Waals surface area contributed by atoms with Crippen LogP contribution in [0.2, 0.25) is 0 Å². The molecule has 3 rings (SSSR count). The predicted molar refractivity (Wildman–Crippen MR) is 95.2 cm³/mol. The quantitative estimate of drug-likeness (QED) is 0.715.